The van der Waals surface area contributed by atoms with Gasteiger partial charge in [0.15, 0.2) is 5.16 Å². The minimum Gasteiger partial charge on any atom is -0.378 e. The van der Waals surface area contributed by atoms with Crippen LogP contribution in [0.3, 0.4) is 0 Å². The number of carbonyl (C=O) groups excluding carboxylic acids is 1. The van der Waals surface area contributed by atoms with Crippen LogP contribution in [0.2, 0.25) is 0 Å². The molecule has 174 valence electrons. The van der Waals surface area contributed by atoms with Crippen molar-refractivity contribution in [3.05, 3.63) is 54.1 Å². The highest BCUT2D eigenvalue weighted by molar-refractivity contribution is 8.00. The zero-order valence-electron chi connectivity index (χ0n) is 19.5. The molecule has 1 unspecified atom stereocenters. The molecule has 0 saturated carbocycles. The van der Waals surface area contributed by atoms with Gasteiger partial charge in [-0.1, -0.05) is 30.0 Å². The number of hydrogen-bond acceptors (Lipinski definition) is 7. The maximum Gasteiger partial charge on any atom is 0.237 e. The molecule has 0 spiro atoms. The maximum atomic E-state index is 12.9. The van der Waals surface area contributed by atoms with E-state index in [2.05, 4.69) is 44.0 Å². The van der Waals surface area contributed by atoms with Crippen LogP contribution in [0.5, 0.6) is 0 Å². The van der Waals surface area contributed by atoms with Crippen LogP contribution < -0.4 is 15.1 Å². The largest absolute Gasteiger partial charge is 0.378 e. The quantitative estimate of drug-likeness (QED) is 0.533. The average molecular weight is 467 g/mol. The molecule has 33 heavy (non-hydrogen) atoms. The van der Waals surface area contributed by atoms with Crippen molar-refractivity contribution in [1.29, 1.82) is 0 Å². The molecule has 1 aromatic heterocycles. The van der Waals surface area contributed by atoms with Gasteiger partial charge in [0.25, 0.3) is 0 Å². The summed E-state index contributed by atoms with van der Waals surface area (Å²) in [5.41, 5.74) is 3.98. The molecule has 2 aromatic carbocycles. The van der Waals surface area contributed by atoms with Crippen molar-refractivity contribution < 1.29 is 9.53 Å². The van der Waals surface area contributed by atoms with Gasteiger partial charge in [-0.05, 0) is 49.7 Å². The molecule has 1 aliphatic rings. The van der Waals surface area contributed by atoms with Crippen LogP contribution in [0.25, 0.3) is 5.69 Å². The molecular formula is C24H30N6O2S. The fourth-order valence-electron chi connectivity index (χ4n) is 3.63. The van der Waals surface area contributed by atoms with Crippen molar-refractivity contribution in [2.45, 2.75) is 24.3 Å². The number of nitrogens with zero attached hydrogens (tertiary/aromatic N) is 5. The van der Waals surface area contributed by atoms with Crippen LogP contribution in [0, 0.1) is 6.92 Å². The molecule has 1 fully saturated rings. The number of benzene rings is 2. The monoisotopic (exact) mass is 466 g/mol. The first-order valence-corrected chi connectivity index (χ1v) is 11.9. The number of thioether (sulfide) groups is 1. The smallest absolute Gasteiger partial charge is 0.237 e. The van der Waals surface area contributed by atoms with Gasteiger partial charge in [0.05, 0.1) is 24.2 Å². The number of rotatable bonds is 7. The van der Waals surface area contributed by atoms with Gasteiger partial charge in [0, 0.05) is 38.6 Å². The summed E-state index contributed by atoms with van der Waals surface area (Å²) in [6.45, 7) is 6.80. The second-order valence-corrected chi connectivity index (χ2v) is 9.50. The van der Waals surface area contributed by atoms with E-state index in [1.165, 1.54) is 11.8 Å². The van der Waals surface area contributed by atoms with Crippen LogP contribution >= 0.6 is 11.8 Å². The number of anilines is 3. The molecule has 1 amide bonds. The topological polar surface area (TPSA) is 75.5 Å². The molecule has 4 rings (SSSR count). The molecule has 3 aromatic rings. The molecule has 0 aliphatic carbocycles. The van der Waals surface area contributed by atoms with E-state index < -0.39 is 0 Å². The fraction of sp³-hybridized carbons (Fsp3) is 0.375. The van der Waals surface area contributed by atoms with Crippen LogP contribution in [0.1, 0.15) is 12.5 Å². The molecule has 0 radical (unpaired) electrons. The lowest BCUT2D eigenvalue weighted by atomic mass is 10.2. The second-order valence-electron chi connectivity index (χ2n) is 8.19. The number of para-hydroxylation sites is 1. The third-order valence-electron chi connectivity index (χ3n) is 5.57. The third kappa shape index (κ3) is 5.31. The summed E-state index contributed by atoms with van der Waals surface area (Å²) in [6.07, 6.45) is 0. The molecule has 8 nitrogen and oxygen atoms in total. The molecule has 1 atom stereocenters. The Labute approximate surface area is 198 Å². The summed E-state index contributed by atoms with van der Waals surface area (Å²) in [4.78, 5) is 17.1. The Kier molecular flexibility index (Phi) is 7.20. The van der Waals surface area contributed by atoms with Gasteiger partial charge in [-0.3, -0.25) is 9.36 Å². The highest BCUT2D eigenvalue weighted by Crippen LogP contribution is 2.31. The van der Waals surface area contributed by atoms with E-state index in [9.17, 15) is 4.79 Å². The van der Waals surface area contributed by atoms with Crippen LogP contribution in [0.4, 0.5) is 17.3 Å². The Bertz CT molecular complexity index is 1090. The Morgan fingerprint density at radius 2 is 1.79 bits per heavy atom. The molecule has 9 heteroatoms. The number of aryl methyl sites for hydroxylation is 1. The normalized spacial score (nSPS) is 14.7. The lowest BCUT2D eigenvalue weighted by Gasteiger charge is -2.28. The number of hydrogen-bond donors (Lipinski definition) is 1. The third-order valence-corrected chi connectivity index (χ3v) is 6.61. The maximum absolute atomic E-state index is 12.9. The van der Waals surface area contributed by atoms with E-state index in [4.69, 9.17) is 4.74 Å². The highest BCUT2D eigenvalue weighted by Gasteiger charge is 2.25. The van der Waals surface area contributed by atoms with E-state index in [-0.39, 0.29) is 11.2 Å². The molecule has 2 heterocycles. The number of nitrogens with one attached hydrogen (secondary N) is 1. The van der Waals surface area contributed by atoms with Crippen molar-refractivity contribution in [2.75, 3.05) is 55.5 Å². The summed E-state index contributed by atoms with van der Waals surface area (Å²) in [7, 11) is 3.98. The summed E-state index contributed by atoms with van der Waals surface area (Å²) < 4.78 is 7.57. The first-order chi connectivity index (χ1) is 15.9. The number of carbonyl (C=O) groups is 1. The van der Waals surface area contributed by atoms with Gasteiger partial charge in [-0.25, -0.2) is 0 Å². The Morgan fingerprint density at radius 1 is 1.09 bits per heavy atom. The summed E-state index contributed by atoms with van der Waals surface area (Å²) in [5, 5.41) is 12.3. The van der Waals surface area contributed by atoms with Crippen molar-refractivity contribution in [2.24, 2.45) is 0 Å². The van der Waals surface area contributed by atoms with Crippen LogP contribution in [-0.2, 0) is 9.53 Å². The number of morpholine rings is 1. The molecule has 1 saturated heterocycles. The van der Waals surface area contributed by atoms with E-state index in [1.54, 1.807) is 0 Å². The SMILES string of the molecule is Cc1ccccc1-n1c(SC(C)C(=O)Nc2ccc(N(C)C)cc2)nnc1N1CCOCC1. The first kappa shape index (κ1) is 23.1. The predicted molar refractivity (Wildman–Crippen MR) is 134 cm³/mol. The minimum absolute atomic E-state index is 0.0788. The number of aromatic nitrogens is 3. The molecule has 0 bridgehead atoms. The van der Waals surface area contributed by atoms with E-state index >= 15 is 0 Å². The van der Waals surface area contributed by atoms with Gasteiger partial charge >= 0.3 is 0 Å². The summed E-state index contributed by atoms with van der Waals surface area (Å²) >= 11 is 1.41. The van der Waals surface area contributed by atoms with E-state index in [0.29, 0.717) is 18.4 Å². The van der Waals surface area contributed by atoms with E-state index in [1.807, 2.05) is 62.3 Å². The molecule has 1 N–H and O–H groups in total. The zero-order valence-corrected chi connectivity index (χ0v) is 20.3. The first-order valence-electron chi connectivity index (χ1n) is 11.0. The number of ether oxygens (including phenoxy) is 1. The van der Waals surface area contributed by atoms with Crippen LogP contribution in [0.15, 0.2) is 53.7 Å². The zero-order chi connectivity index (χ0) is 23.4. The summed E-state index contributed by atoms with van der Waals surface area (Å²) in [6, 6.07) is 15.9. The van der Waals surface area contributed by atoms with Crippen LogP contribution in [-0.4, -0.2) is 66.3 Å². The lowest BCUT2D eigenvalue weighted by Crippen LogP contribution is -2.38. The Morgan fingerprint density at radius 3 is 2.45 bits per heavy atom. The highest BCUT2D eigenvalue weighted by atomic mass is 32.2. The van der Waals surface area contributed by atoms with Gasteiger partial charge in [0.2, 0.25) is 11.9 Å². The average Bonchev–Trinajstić information content (AvgIpc) is 3.23. The van der Waals surface area contributed by atoms with Crippen molar-refractivity contribution >= 4 is 35.0 Å². The predicted octanol–water partition coefficient (Wildman–Crippen LogP) is 3.60. The Balaban J connectivity index is 1.56. The Hall–Kier alpha value is -3.04. The van der Waals surface area contributed by atoms with Gasteiger partial charge in [-0.15, -0.1) is 10.2 Å². The lowest BCUT2D eigenvalue weighted by molar-refractivity contribution is -0.115. The standard InChI is InChI=1S/C24H30N6O2S/c1-17-7-5-6-8-21(17)30-23(29-13-15-32-16-14-29)26-27-24(30)33-18(2)22(31)25-19-9-11-20(12-10-19)28(3)4/h5-12,18H,13-16H2,1-4H3,(H,25,31). The van der Waals surface area contributed by atoms with Crippen molar-refractivity contribution in [1.82, 2.24) is 14.8 Å². The second kappa shape index (κ2) is 10.3. The van der Waals surface area contributed by atoms with Crippen molar-refractivity contribution in [3.8, 4) is 5.69 Å². The molecule has 1 aliphatic heterocycles. The fourth-order valence-corrected chi connectivity index (χ4v) is 4.49. The molecular weight excluding hydrogens is 436 g/mol. The summed E-state index contributed by atoms with van der Waals surface area (Å²) in [5.74, 6) is 0.701. The van der Waals surface area contributed by atoms with Gasteiger partial charge < -0.3 is 19.9 Å². The van der Waals surface area contributed by atoms with E-state index in [0.717, 1.165) is 41.7 Å². The van der Waals surface area contributed by atoms with Crippen molar-refractivity contribution in [3.63, 3.8) is 0 Å². The van der Waals surface area contributed by atoms with Gasteiger partial charge in [-0.2, -0.15) is 0 Å². The number of amides is 1. The minimum atomic E-state index is -0.358. The van der Waals surface area contributed by atoms with Gasteiger partial charge in [0.1, 0.15) is 0 Å².